The fourth-order valence-electron chi connectivity index (χ4n) is 1.94. The van der Waals surface area contributed by atoms with E-state index in [2.05, 4.69) is 0 Å². The summed E-state index contributed by atoms with van der Waals surface area (Å²) in [6.07, 6.45) is 0. The van der Waals surface area contributed by atoms with Gasteiger partial charge in [0.15, 0.2) is 0 Å². The second-order valence-electron chi connectivity index (χ2n) is 4.11. The number of hydrogen-bond donors (Lipinski definition) is 0. The maximum atomic E-state index is 11.3. The molecular weight excluding hydrogens is 429 g/mol. The molecule has 0 amide bonds. The third-order valence-electron chi connectivity index (χ3n) is 2.71. The van der Waals surface area contributed by atoms with Gasteiger partial charge in [-0.2, -0.15) is 0 Å². The van der Waals surface area contributed by atoms with Crippen molar-refractivity contribution in [2.45, 2.75) is 14.7 Å². The molecule has 2 aromatic carbocycles. The molecule has 0 bridgehead atoms. The van der Waals surface area contributed by atoms with E-state index in [1.54, 1.807) is 0 Å². The van der Waals surface area contributed by atoms with Crippen LogP contribution in [-0.4, -0.2) is 38.9 Å². The zero-order valence-corrected chi connectivity index (χ0v) is 21.7. The van der Waals surface area contributed by atoms with E-state index in [0.29, 0.717) is 0 Å². The van der Waals surface area contributed by atoms with E-state index in [1.807, 2.05) is 0 Å². The molecule has 0 aliphatic heterocycles. The van der Waals surface area contributed by atoms with Gasteiger partial charge in [0.2, 0.25) is 0 Å². The van der Waals surface area contributed by atoms with Crippen LogP contribution < -0.4 is 88.7 Å². The minimum absolute atomic E-state index is 0. The fraction of sp³-hybridized carbons (Fsp3) is 0. The van der Waals surface area contributed by atoms with Crippen LogP contribution in [0.1, 0.15) is 0 Å². The smallest absolute Gasteiger partial charge is 0.744 e. The van der Waals surface area contributed by atoms with Gasteiger partial charge in [-0.1, -0.05) is 24.3 Å². The first kappa shape index (κ1) is 28.6. The van der Waals surface area contributed by atoms with Gasteiger partial charge < -0.3 is 13.7 Å². The molecule has 0 atom stereocenters. The minimum Gasteiger partial charge on any atom is -0.744 e. The molecule has 2 rings (SSSR count). The maximum Gasteiger partial charge on any atom is 1.00 e. The van der Waals surface area contributed by atoms with Gasteiger partial charge in [-0.05, 0) is 6.07 Å². The third kappa shape index (κ3) is 6.48. The van der Waals surface area contributed by atoms with Crippen LogP contribution in [0, 0.1) is 0 Å². The summed E-state index contributed by atoms with van der Waals surface area (Å²) in [5.74, 6) is 0. The summed E-state index contributed by atoms with van der Waals surface area (Å²) in [4.78, 5) is -4.06. The zero-order valence-electron chi connectivity index (χ0n) is 13.3. The molecule has 25 heavy (non-hydrogen) atoms. The van der Waals surface area contributed by atoms with Crippen LogP contribution in [-0.2, 0) is 30.4 Å². The van der Waals surface area contributed by atoms with Crippen LogP contribution in [0.15, 0.2) is 45.0 Å². The Labute approximate surface area is 210 Å². The molecule has 120 valence electrons. The van der Waals surface area contributed by atoms with Gasteiger partial charge >= 0.3 is 88.7 Å². The molecule has 9 nitrogen and oxygen atoms in total. The van der Waals surface area contributed by atoms with E-state index >= 15 is 0 Å². The topological polar surface area (TPSA) is 172 Å². The molecule has 0 heterocycles. The summed E-state index contributed by atoms with van der Waals surface area (Å²) < 4.78 is 101. The Hall–Kier alpha value is 1.43. The van der Waals surface area contributed by atoms with Crippen molar-refractivity contribution in [2.24, 2.45) is 0 Å². The van der Waals surface area contributed by atoms with Crippen molar-refractivity contribution in [3.05, 3.63) is 30.3 Å². The van der Waals surface area contributed by atoms with Crippen molar-refractivity contribution in [3.8, 4) is 0 Å². The Morgan fingerprint density at radius 1 is 0.600 bits per heavy atom. The number of rotatable bonds is 3. The van der Waals surface area contributed by atoms with Crippen molar-refractivity contribution >= 4 is 41.1 Å². The molecule has 15 heteroatoms. The normalized spacial score (nSPS) is 11.8. The predicted molar refractivity (Wildman–Crippen MR) is 67.8 cm³/mol. The van der Waals surface area contributed by atoms with Gasteiger partial charge in [0.1, 0.15) is 30.4 Å². The molecule has 0 radical (unpaired) electrons. The van der Waals surface area contributed by atoms with E-state index < -0.39 is 55.8 Å². The molecule has 0 aromatic heterocycles. The Morgan fingerprint density at radius 3 is 1.36 bits per heavy atom. The Morgan fingerprint density at radius 2 is 1.00 bits per heavy atom. The monoisotopic (exact) mass is 434 g/mol. The predicted octanol–water partition coefficient (Wildman–Crippen LogP) is -9.44. The number of fused-ring (bicyclic) bond motifs is 1. The molecule has 0 fully saturated rings. The molecule has 0 saturated heterocycles. The molecule has 0 unspecified atom stereocenters. The zero-order chi connectivity index (χ0) is 16.9. The van der Waals surface area contributed by atoms with E-state index in [1.165, 1.54) is 12.1 Å². The van der Waals surface area contributed by atoms with Crippen LogP contribution in [0.3, 0.4) is 0 Å². The first-order valence-electron chi connectivity index (χ1n) is 5.27. The van der Waals surface area contributed by atoms with Crippen molar-refractivity contribution in [1.29, 1.82) is 0 Å². The van der Waals surface area contributed by atoms with Gasteiger partial charge in [-0.15, -0.1) is 0 Å². The van der Waals surface area contributed by atoms with Crippen LogP contribution in [0.2, 0.25) is 0 Å². The molecule has 2 aromatic rings. The average Bonchev–Trinajstić information content (AvgIpc) is 2.33. The van der Waals surface area contributed by atoms with Crippen molar-refractivity contribution in [3.63, 3.8) is 0 Å². The maximum absolute atomic E-state index is 11.3. The summed E-state index contributed by atoms with van der Waals surface area (Å²) in [6, 6.07) is 4.44. The second-order valence-corrected chi connectivity index (χ2v) is 8.12. The van der Waals surface area contributed by atoms with E-state index in [9.17, 15) is 38.9 Å². The first-order chi connectivity index (χ1) is 9.83. The van der Waals surface area contributed by atoms with Gasteiger partial charge in [-0.25, -0.2) is 25.3 Å². The Balaban J connectivity index is 0. The van der Waals surface area contributed by atoms with E-state index in [0.717, 1.165) is 12.1 Å². The summed E-state index contributed by atoms with van der Waals surface area (Å²) in [7, 11) is -16.2. The minimum atomic E-state index is -5.52. The van der Waals surface area contributed by atoms with Crippen LogP contribution in [0.5, 0.6) is 0 Å². The van der Waals surface area contributed by atoms with Crippen LogP contribution >= 0.6 is 0 Å². The van der Waals surface area contributed by atoms with Gasteiger partial charge in [0, 0.05) is 10.8 Å². The van der Waals surface area contributed by atoms with Gasteiger partial charge in [0.25, 0.3) is 0 Å². The SMILES string of the molecule is O=S(=O)([O-])c1cc(S(=O)(=O)[O-])c2ccccc2c1S(=O)(=O)[O-].[Na+].[Na+].[Na+]. The first-order valence-corrected chi connectivity index (χ1v) is 9.49. The largest absolute Gasteiger partial charge is 1.00 e. The molecule has 0 N–H and O–H groups in total. The quantitative estimate of drug-likeness (QED) is 0.336. The molecular formula is C10H5Na3O9S3. The van der Waals surface area contributed by atoms with E-state index in [-0.39, 0.29) is 94.7 Å². The van der Waals surface area contributed by atoms with Crippen molar-refractivity contribution < 1.29 is 128 Å². The second kappa shape index (κ2) is 9.76. The number of benzene rings is 2. The Kier molecular flexibility index (Phi) is 11.2. The molecule has 0 spiro atoms. The molecule has 0 aliphatic rings. The third-order valence-corrected chi connectivity index (χ3v) is 5.52. The molecule has 0 aliphatic carbocycles. The van der Waals surface area contributed by atoms with Crippen LogP contribution in [0.25, 0.3) is 10.8 Å². The van der Waals surface area contributed by atoms with Crippen molar-refractivity contribution in [2.75, 3.05) is 0 Å². The van der Waals surface area contributed by atoms with Crippen LogP contribution in [0.4, 0.5) is 0 Å². The summed E-state index contributed by atoms with van der Waals surface area (Å²) in [6.45, 7) is 0. The molecule has 0 saturated carbocycles. The average molecular weight is 434 g/mol. The number of hydrogen-bond acceptors (Lipinski definition) is 9. The summed E-state index contributed by atoms with van der Waals surface area (Å²) in [5.41, 5.74) is 0. The Bertz CT molecular complexity index is 1090. The van der Waals surface area contributed by atoms with Gasteiger partial charge in [0.05, 0.1) is 14.7 Å². The summed E-state index contributed by atoms with van der Waals surface area (Å²) >= 11 is 0. The standard InChI is InChI=1S/C10H8O9S3.3Na/c11-20(12,13)8-5-9(21(14,15)16)10(22(17,18)19)7-4-2-1-3-6(7)8;;;/h1-5H,(H,11,12,13)(H,14,15,16)(H,17,18,19);;;/q;3*+1/p-3. The van der Waals surface area contributed by atoms with Crippen molar-refractivity contribution in [1.82, 2.24) is 0 Å². The fourth-order valence-corrected chi connectivity index (χ4v) is 4.69. The van der Waals surface area contributed by atoms with Gasteiger partial charge in [-0.3, -0.25) is 0 Å². The van der Waals surface area contributed by atoms with E-state index in [4.69, 9.17) is 0 Å². The summed E-state index contributed by atoms with van der Waals surface area (Å²) in [5, 5.41) is -1.11.